The Bertz CT molecular complexity index is 497. The molecule has 0 bridgehead atoms. The zero-order valence-corrected chi connectivity index (χ0v) is 20.0. The van der Waals surface area contributed by atoms with Crippen molar-refractivity contribution in [2.24, 2.45) is 17.2 Å². The molecular weight excluding hydrogens is 426 g/mol. The van der Waals surface area contributed by atoms with Crippen LogP contribution in [0, 0.1) is 0 Å². The van der Waals surface area contributed by atoms with Gasteiger partial charge in [-0.1, -0.05) is 34.1 Å². The molecule has 0 unspecified atom stereocenters. The highest BCUT2D eigenvalue weighted by Gasteiger charge is 2.32. The number of hydroxylamine groups is 2. The molecule has 1 aliphatic heterocycles. The van der Waals surface area contributed by atoms with Crippen molar-refractivity contribution in [1.29, 1.82) is 0 Å². The van der Waals surface area contributed by atoms with Gasteiger partial charge >= 0.3 is 5.97 Å². The second-order valence-corrected chi connectivity index (χ2v) is 7.38. The first-order chi connectivity index (χ1) is 15.4. The van der Waals surface area contributed by atoms with Crippen LogP contribution in [0.25, 0.3) is 0 Å². The molecule has 0 aromatic rings. The van der Waals surface area contributed by atoms with Crippen LogP contribution in [0.2, 0.25) is 0 Å². The molecule has 196 valence electrons. The first-order valence-electron chi connectivity index (χ1n) is 11.8. The Morgan fingerprint density at radius 3 is 1.70 bits per heavy atom. The van der Waals surface area contributed by atoms with Crippen molar-refractivity contribution in [1.82, 2.24) is 10.4 Å². The summed E-state index contributed by atoms with van der Waals surface area (Å²) < 4.78 is 0. The van der Waals surface area contributed by atoms with Gasteiger partial charge in [-0.15, -0.1) is 5.06 Å². The Morgan fingerprint density at radius 1 is 0.818 bits per heavy atom. The van der Waals surface area contributed by atoms with E-state index in [-0.39, 0.29) is 32.6 Å². The monoisotopic (exact) mass is 475 g/mol. The van der Waals surface area contributed by atoms with Crippen molar-refractivity contribution < 1.29 is 24.0 Å². The van der Waals surface area contributed by atoms with Gasteiger partial charge < -0.3 is 27.4 Å². The standard InChI is InChI=1S/C9H20N2O.C8H11NO4.C5H14N2.CH4/c1-2-6-9(12)11-8-5-3-4-7-10;1-2-3-8(12)13-9-6(10)4-5-7(9)11;6-4-2-1-3-5-7;/h2-8,10H2,1H3,(H,11,12);2-5H2,1H3;1-7H2;1H4. The van der Waals surface area contributed by atoms with E-state index in [0.29, 0.717) is 17.9 Å². The zero-order chi connectivity index (χ0) is 24.6. The van der Waals surface area contributed by atoms with Crippen molar-refractivity contribution >= 4 is 23.7 Å². The largest absolute Gasteiger partial charge is 0.356 e. The van der Waals surface area contributed by atoms with Crippen LogP contribution < -0.4 is 22.5 Å². The van der Waals surface area contributed by atoms with E-state index in [4.69, 9.17) is 17.2 Å². The predicted molar refractivity (Wildman–Crippen MR) is 132 cm³/mol. The lowest BCUT2D eigenvalue weighted by molar-refractivity contribution is -0.197. The highest BCUT2D eigenvalue weighted by Crippen LogP contribution is 2.12. The minimum Gasteiger partial charge on any atom is -0.356 e. The summed E-state index contributed by atoms with van der Waals surface area (Å²) in [5.74, 6) is -1.24. The van der Waals surface area contributed by atoms with Gasteiger partial charge in [0.2, 0.25) is 5.91 Å². The average Bonchev–Trinajstić information content (AvgIpc) is 3.07. The molecule has 10 heteroatoms. The zero-order valence-electron chi connectivity index (χ0n) is 20.0. The average molecular weight is 476 g/mol. The van der Waals surface area contributed by atoms with E-state index in [1.54, 1.807) is 0 Å². The fourth-order valence-corrected chi connectivity index (χ4v) is 2.46. The molecule has 0 aromatic carbocycles. The van der Waals surface area contributed by atoms with Gasteiger partial charge in [-0.3, -0.25) is 14.4 Å². The molecule has 3 amide bonds. The highest BCUT2D eigenvalue weighted by molar-refractivity contribution is 6.01. The summed E-state index contributed by atoms with van der Waals surface area (Å²) in [6.07, 6.45) is 9.36. The second kappa shape index (κ2) is 26.2. The minimum absolute atomic E-state index is 0. The van der Waals surface area contributed by atoms with E-state index in [0.717, 1.165) is 64.7 Å². The Morgan fingerprint density at radius 2 is 1.27 bits per heavy atom. The Balaban J connectivity index is -0.000000421. The smallest absolute Gasteiger partial charge is 0.333 e. The fourth-order valence-electron chi connectivity index (χ4n) is 2.46. The van der Waals surface area contributed by atoms with Crippen molar-refractivity contribution in [3.8, 4) is 0 Å². The minimum atomic E-state index is -0.536. The van der Waals surface area contributed by atoms with Crippen LogP contribution in [0.5, 0.6) is 0 Å². The fraction of sp³-hybridized carbons (Fsp3) is 0.826. The van der Waals surface area contributed by atoms with Gasteiger partial charge in [0.25, 0.3) is 11.8 Å². The molecule has 0 atom stereocenters. The van der Waals surface area contributed by atoms with Crippen molar-refractivity contribution in [2.45, 2.75) is 98.3 Å². The van der Waals surface area contributed by atoms with E-state index in [2.05, 4.69) is 10.2 Å². The summed E-state index contributed by atoms with van der Waals surface area (Å²) in [6, 6.07) is 0. The van der Waals surface area contributed by atoms with Gasteiger partial charge in [0.15, 0.2) is 0 Å². The number of imide groups is 1. The van der Waals surface area contributed by atoms with E-state index in [1.807, 2.05) is 13.8 Å². The van der Waals surface area contributed by atoms with Crippen LogP contribution in [-0.2, 0) is 24.0 Å². The third-order valence-corrected chi connectivity index (χ3v) is 4.24. The molecule has 1 saturated heterocycles. The summed E-state index contributed by atoms with van der Waals surface area (Å²) in [5.41, 5.74) is 15.8. The van der Waals surface area contributed by atoms with Gasteiger partial charge in [0, 0.05) is 32.2 Å². The summed E-state index contributed by atoms with van der Waals surface area (Å²) in [6.45, 7) is 6.99. The molecule has 7 N–H and O–H groups in total. The Labute approximate surface area is 200 Å². The molecule has 0 aromatic heterocycles. The normalized spacial score (nSPS) is 12.1. The molecule has 10 nitrogen and oxygen atoms in total. The maximum Gasteiger partial charge on any atom is 0.333 e. The SMILES string of the molecule is C.CCCC(=O)NCCCCCN.CCCC(=O)ON1C(=O)CCC1=O.NCCCCCN. The van der Waals surface area contributed by atoms with E-state index in [1.165, 1.54) is 6.42 Å². The van der Waals surface area contributed by atoms with Crippen molar-refractivity contribution in [2.75, 3.05) is 26.2 Å². The summed E-state index contributed by atoms with van der Waals surface area (Å²) in [4.78, 5) is 48.3. The quantitative estimate of drug-likeness (QED) is 0.218. The lowest BCUT2D eigenvalue weighted by Crippen LogP contribution is -2.31. The lowest BCUT2D eigenvalue weighted by Gasteiger charge is -2.11. The van der Waals surface area contributed by atoms with Crippen molar-refractivity contribution in [3.63, 3.8) is 0 Å². The number of amides is 3. The van der Waals surface area contributed by atoms with Crippen LogP contribution in [0.3, 0.4) is 0 Å². The molecular formula is C23H49N5O5. The first kappa shape index (κ1) is 35.5. The molecule has 0 spiro atoms. The van der Waals surface area contributed by atoms with Crippen LogP contribution in [0.4, 0.5) is 0 Å². The topological polar surface area (TPSA) is 171 Å². The van der Waals surface area contributed by atoms with Crippen LogP contribution in [0.1, 0.15) is 98.3 Å². The molecule has 0 aliphatic carbocycles. The number of nitrogens with one attached hydrogen (secondary N) is 1. The summed E-state index contributed by atoms with van der Waals surface area (Å²) >= 11 is 0. The highest BCUT2D eigenvalue weighted by atomic mass is 16.7. The molecule has 0 radical (unpaired) electrons. The van der Waals surface area contributed by atoms with E-state index in [9.17, 15) is 19.2 Å². The number of nitrogens with two attached hydrogens (primary N) is 3. The van der Waals surface area contributed by atoms with Crippen LogP contribution in [0.15, 0.2) is 0 Å². The number of hydrogen-bond donors (Lipinski definition) is 4. The number of unbranched alkanes of at least 4 members (excludes halogenated alkanes) is 4. The first-order valence-corrected chi connectivity index (χ1v) is 11.8. The predicted octanol–water partition coefficient (Wildman–Crippen LogP) is 2.14. The van der Waals surface area contributed by atoms with Crippen molar-refractivity contribution in [3.05, 3.63) is 0 Å². The number of rotatable bonds is 14. The number of hydrogen-bond acceptors (Lipinski definition) is 8. The molecule has 1 fully saturated rings. The molecule has 1 heterocycles. The second-order valence-electron chi connectivity index (χ2n) is 7.38. The van der Waals surface area contributed by atoms with Gasteiger partial charge in [-0.25, -0.2) is 4.79 Å². The third-order valence-electron chi connectivity index (χ3n) is 4.24. The van der Waals surface area contributed by atoms with E-state index < -0.39 is 17.8 Å². The maximum atomic E-state index is 11.0. The van der Waals surface area contributed by atoms with Gasteiger partial charge in [0.1, 0.15) is 0 Å². The number of carbonyl (C=O) groups is 4. The van der Waals surface area contributed by atoms with Crippen LogP contribution in [-0.4, -0.2) is 54.9 Å². The Hall–Kier alpha value is -2.04. The summed E-state index contributed by atoms with van der Waals surface area (Å²) in [7, 11) is 0. The third kappa shape index (κ3) is 22.9. The van der Waals surface area contributed by atoms with Gasteiger partial charge in [-0.05, 0) is 58.2 Å². The molecule has 1 aliphatic rings. The molecule has 33 heavy (non-hydrogen) atoms. The number of nitrogens with zero attached hydrogens (tertiary/aromatic N) is 1. The summed E-state index contributed by atoms with van der Waals surface area (Å²) in [5, 5.41) is 3.43. The Kier molecular flexibility index (Phi) is 28.2. The molecule has 0 saturated carbocycles. The lowest BCUT2D eigenvalue weighted by atomic mass is 10.2. The van der Waals surface area contributed by atoms with Gasteiger partial charge in [-0.2, -0.15) is 0 Å². The van der Waals surface area contributed by atoms with Gasteiger partial charge in [0.05, 0.1) is 0 Å². The maximum absolute atomic E-state index is 11.0. The van der Waals surface area contributed by atoms with Crippen LogP contribution >= 0.6 is 0 Å². The molecule has 1 rings (SSSR count). The van der Waals surface area contributed by atoms with E-state index >= 15 is 0 Å². The number of carbonyl (C=O) groups excluding carboxylic acids is 4.